The molecule has 1 aromatic heterocycles. The van der Waals surface area contributed by atoms with Crippen LogP contribution in [0.2, 0.25) is 0 Å². The van der Waals surface area contributed by atoms with E-state index in [9.17, 15) is 10.4 Å². The zero-order valence-electron chi connectivity index (χ0n) is 11.1. The maximum absolute atomic E-state index is 12.4. The van der Waals surface area contributed by atoms with Crippen molar-refractivity contribution in [2.75, 3.05) is 5.32 Å². The van der Waals surface area contributed by atoms with Crippen LogP contribution in [0.25, 0.3) is 11.0 Å². The van der Waals surface area contributed by atoms with Crippen molar-refractivity contribution in [1.82, 2.24) is 5.10 Å². The van der Waals surface area contributed by atoms with Crippen molar-refractivity contribution in [1.29, 1.82) is 0 Å². The molecule has 2 aliphatic rings. The maximum Gasteiger partial charge on any atom is 0.461 e. The lowest BCUT2D eigenvalue weighted by Gasteiger charge is -2.23. The molecule has 0 saturated heterocycles. The Kier molecular flexibility index (Phi) is 2.45. The molecule has 1 N–H and O–H groups in total. The van der Waals surface area contributed by atoms with E-state index in [1.54, 1.807) is 0 Å². The molecule has 6 heteroatoms. The van der Waals surface area contributed by atoms with Crippen LogP contribution in [0.5, 0.6) is 0 Å². The number of anilines is 1. The Hall–Kier alpha value is -2.11. The first-order valence-electron chi connectivity index (χ1n) is 7.18. The number of hydrogen-bond acceptors (Lipinski definition) is 4. The largest absolute Gasteiger partial charge is 0.739 e. The molecule has 0 unspecified atom stereocenters. The summed E-state index contributed by atoms with van der Waals surface area (Å²) in [5.74, 6) is 0.121. The number of aryl methyl sites for hydroxylation is 2. The van der Waals surface area contributed by atoms with Crippen LogP contribution in [0.15, 0.2) is 12.1 Å². The summed E-state index contributed by atoms with van der Waals surface area (Å²) in [7, 11) is 0. The second kappa shape index (κ2) is 4.19. The lowest BCUT2D eigenvalue weighted by atomic mass is 9.93. The maximum atomic E-state index is 12.4. The normalized spacial score (nSPS) is 18.0. The Morgan fingerprint density at radius 1 is 1.05 bits per heavy atom. The van der Waals surface area contributed by atoms with E-state index in [1.165, 1.54) is 11.1 Å². The molecule has 0 bridgehead atoms. The minimum absolute atomic E-state index is 0.121. The Morgan fingerprint density at radius 2 is 1.75 bits per heavy atom. The molecule has 0 aliphatic heterocycles. The highest BCUT2D eigenvalue weighted by atomic mass is 16.5. The molecule has 104 valence electrons. The van der Waals surface area contributed by atoms with Gasteiger partial charge < -0.3 is 10.4 Å². The molecule has 4 rings (SSSR count). The Balaban J connectivity index is 1.86. The predicted octanol–water partition coefficient (Wildman–Crippen LogP) is 0.955. The van der Waals surface area contributed by atoms with Gasteiger partial charge in [0.15, 0.2) is 5.52 Å². The third-order valence-electron chi connectivity index (χ3n) is 4.43. The number of nitrogens with one attached hydrogen (secondary N) is 1. The summed E-state index contributed by atoms with van der Waals surface area (Å²) in [6.07, 6.45) is 6.27. The first-order valence-corrected chi connectivity index (χ1v) is 7.18. The van der Waals surface area contributed by atoms with Crippen LogP contribution in [-0.2, 0) is 12.8 Å². The molecule has 20 heavy (non-hydrogen) atoms. The minimum Gasteiger partial charge on any atom is -0.739 e. The van der Waals surface area contributed by atoms with Crippen LogP contribution in [0, 0.1) is 10.4 Å². The molecule has 6 nitrogen and oxygen atoms in total. The Morgan fingerprint density at radius 3 is 2.40 bits per heavy atom. The van der Waals surface area contributed by atoms with E-state index in [2.05, 4.69) is 10.4 Å². The molecule has 0 radical (unpaired) electrons. The molecule has 2 aliphatic carbocycles. The van der Waals surface area contributed by atoms with E-state index >= 15 is 0 Å². The van der Waals surface area contributed by atoms with E-state index in [4.69, 9.17) is 0 Å². The van der Waals surface area contributed by atoms with Gasteiger partial charge in [-0.05, 0) is 55.7 Å². The molecule has 1 fully saturated rings. The molecule has 1 saturated carbocycles. The number of benzene rings is 1. The van der Waals surface area contributed by atoms with Crippen molar-refractivity contribution < 1.29 is 9.58 Å². The number of fused-ring (bicyclic) bond motifs is 2. The molecule has 2 aromatic rings. The van der Waals surface area contributed by atoms with Crippen molar-refractivity contribution in [2.45, 2.75) is 44.6 Å². The zero-order chi connectivity index (χ0) is 13.7. The van der Waals surface area contributed by atoms with Gasteiger partial charge in [-0.1, -0.05) is 0 Å². The van der Waals surface area contributed by atoms with Crippen LogP contribution in [0.1, 0.15) is 36.8 Å². The molecule has 0 atom stereocenters. The lowest BCUT2D eigenvalue weighted by Crippen LogP contribution is -2.46. The zero-order valence-corrected chi connectivity index (χ0v) is 11.1. The first-order chi connectivity index (χ1) is 9.72. The summed E-state index contributed by atoms with van der Waals surface area (Å²) in [6.45, 7) is 0. The van der Waals surface area contributed by atoms with Crippen LogP contribution in [0.4, 0.5) is 5.95 Å². The fourth-order valence-electron chi connectivity index (χ4n) is 3.03. The molecule has 0 amide bonds. The molecular formula is C14H16N4O2. The van der Waals surface area contributed by atoms with Gasteiger partial charge in [0.25, 0.3) is 5.52 Å². The van der Waals surface area contributed by atoms with Gasteiger partial charge in [0, 0.05) is 10.9 Å². The average molecular weight is 272 g/mol. The Labute approximate surface area is 116 Å². The van der Waals surface area contributed by atoms with Gasteiger partial charge in [-0.25, -0.2) is 4.73 Å². The van der Waals surface area contributed by atoms with Crippen molar-refractivity contribution in [3.05, 3.63) is 33.7 Å². The number of hydrogen-bond donors (Lipinski definition) is 1. The predicted molar refractivity (Wildman–Crippen MR) is 72.9 cm³/mol. The molecule has 0 spiro atoms. The summed E-state index contributed by atoms with van der Waals surface area (Å²) in [4.78, 5) is 0.573. The smallest absolute Gasteiger partial charge is 0.461 e. The fourth-order valence-corrected chi connectivity index (χ4v) is 3.03. The van der Waals surface area contributed by atoms with Crippen molar-refractivity contribution in [3.8, 4) is 0 Å². The van der Waals surface area contributed by atoms with Gasteiger partial charge in [0.05, 0.1) is 6.04 Å². The SMILES string of the molecule is [O-][n+]1nc(NC2CCC2)[n+]([O-])c2cc3c(cc21)CCC3. The van der Waals surface area contributed by atoms with E-state index in [-0.39, 0.29) is 12.0 Å². The second-order valence-corrected chi connectivity index (χ2v) is 5.73. The topological polar surface area (TPSA) is 78.8 Å². The summed E-state index contributed by atoms with van der Waals surface area (Å²) in [5, 5.41) is 31.4. The first kappa shape index (κ1) is 11.7. The number of nitrogens with zero attached hydrogens (tertiary/aromatic N) is 3. The highest BCUT2D eigenvalue weighted by Crippen LogP contribution is 2.25. The van der Waals surface area contributed by atoms with Crippen LogP contribution in [-0.4, -0.2) is 11.1 Å². The molecular weight excluding hydrogens is 256 g/mol. The van der Waals surface area contributed by atoms with Crippen molar-refractivity contribution >= 4 is 17.0 Å². The standard InChI is InChI=1S/C14H16N4O2/c19-17-12-7-9-3-1-4-10(9)8-13(12)18(20)16-14(17)15-11-5-2-6-11/h7-8,11H,1-6H2,(H,15,16). The Bertz CT molecular complexity index is 697. The number of rotatable bonds is 2. The van der Waals surface area contributed by atoms with Gasteiger partial charge in [-0.3, -0.25) is 5.32 Å². The number of aromatic nitrogens is 3. The van der Waals surface area contributed by atoms with Gasteiger partial charge in [0.1, 0.15) is 0 Å². The minimum atomic E-state index is 0.121. The fraction of sp³-hybridized carbons (Fsp3) is 0.500. The lowest BCUT2D eigenvalue weighted by molar-refractivity contribution is -0.672. The van der Waals surface area contributed by atoms with E-state index < -0.39 is 0 Å². The monoisotopic (exact) mass is 272 g/mol. The van der Waals surface area contributed by atoms with Gasteiger partial charge in [0.2, 0.25) is 5.10 Å². The van der Waals surface area contributed by atoms with Crippen molar-refractivity contribution in [3.63, 3.8) is 0 Å². The quantitative estimate of drug-likeness (QED) is 0.652. The molecule has 1 heterocycles. The second-order valence-electron chi connectivity index (χ2n) is 5.73. The average Bonchev–Trinajstić information content (AvgIpc) is 2.84. The highest BCUT2D eigenvalue weighted by Gasteiger charge is 2.28. The summed E-state index contributed by atoms with van der Waals surface area (Å²) in [5.41, 5.74) is 3.13. The van der Waals surface area contributed by atoms with Gasteiger partial charge >= 0.3 is 5.95 Å². The van der Waals surface area contributed by atoms with Gasteiger partial charge in [-0.15, -0.1) is 0 Å². The van der Waals surface area contributed by atoms with E-state index in [1.807, 2.05) is 12.1 Å². The summed E-state index contributed by atoms with van der Waals surface area (Å²) < 4.78 is 0.765. The van der Waals surface area contributed by atoms with Crippen LogP contribution >= 0.6 is 0 Å². The molecule has 1 aromatic carbocycles. The van der Waals surface area contributed by atoms with Crippen LogP contribution in [0.3, 0.4) is 0 Å². The van der Waals surface area contributed by atoms with Crippen LogP contribution < -0.4 is 14.9 Å². The van der Waals surface area contributed by atoms with Gasteiger partial charge in [-0.2, -0.15) is 0 Å². The highest BCUT2D eigenvalue weighted by molar-refractivity contribution is 5.71. The van der Waals surface area contributed by atoms with Crippen molar-refractivity contribution in [2.24, 2.45) is 0 Å². The third-order valence-corrected chi connectivity index (χ3v) is 4.43. The van der Waals surface area contributed by atoms with E-state index in [0.29, 0.717) is 15.9 Å². The summed E-state index contributed by atoms with van der Waals surface area (Å²) in [6, 6.07) is 3.95. The summed E-state index contributed by atoms with van der Waals surface area (Å²) >= 11 is 0. The van der Waals surface area contributed by atoms with E-state index in [0.717, 1.165) is 43.3 Å². The third kappa shape index (κ3) is 1.67.